The van der Waals surface area contributed by atoms with Gasteiger partial charge in [0.2, 0.25) is 5.91 Å². The first kappa shape index (κ1) is 13.7. The molecule has 0 unspecified atom stereocenters. The number of hydrogen-bond acceptors (Lipinski definition) is 3. The first-order valence-corrected chi connectivity index (χ1v) is 5.78. The molecule has 5 nitrogen and oxygen atoms in total. The Morgan fingerprint density at radius 2 is 2.24 bits per heavy atom. The lowest BCUT2D eigenvalue weighted by Gasteiger charge is -2.14. The van der Waals surface area contributed by atoms with Crippen molar-refractivity contribution in [1.29, 1.82) is 0 Å². The molecule has 0 aliphatic carbocycles. The molecule has 2 N–H and O–H groups in total. The number of ether oxygens (including phenoxy) is 1. The highest BCUT2D eigenvalue weighted by molar-refractivity contribution is 5.89. The van der Waals surface area contributed by atoms with E-state index < -0.39 is 0 Å². The zero-order valence-corrected chi connectivity index (χ0v) is 11.0. The second-order valence-corrected chi connectivity index (χ2v) is 5.06. The monoisotopic (exact) mass is 239 g/mol. The summed E-state index contributed by atoms with van der Waals surface area (Å²) < 4.78 is 4.89. The Kier molecular flexibility index (Phi) is 4.69. The summed E-state index contributed by atoms with van der Waals surface area (Å²) in [6.45, 7) is 6.86. The molecule has 0 saturated carbocycles. The molecule has 1 heterocycles. The lowest BCUT2D eigenvalue weighted by Crippen LogP contribution is -2.12. The number of carbonyl (C=O) groups excluding carboxylic acids is 1. The van der Waals surface area contributed by atoms with Crippen LogP contribution in [0.4, 0.5) is 5.82 Å². The predicted octanol–water partition coefficient (Wildman–Crippen LogP) is 2.07. The van der Waals surface area contributed by atoms with Gasteiger partial charge in [0.15, 0.2) is 5.82 Å². The van der Waals surface area contributed by atoms with E-state index in [0.717, 1.165) is 12.1 Å². The van der Waals surface area contributed by atoms with Crippen molar-refractivity contribution in [2.24, 2.45) is 0 Å². The van der Waals surface area contributed by atoms with Gasteiger partial charge in [0.1, 0.15) is 0 Å². The minimum Gasteiger partial charge on any atom is -0.385 e. The van der Waals surface area contributed by atoms with E-state index in [1.165, 1.54) is 0 Å². The lowest BCUT2D eigenvalue weighted by atomic mass is 9.92. The number of nitrogens with zero attached hydrogens (tertiary/aromatic N) is 1. The quantitative estimate of drug-likeness (QED) is 0.773. The van der Waals surface area contributed by atoms with Crippen LogP contribution in [0.25, 0.3) is 0 Å². The summed E-state index contributed by atoms with van der Waals surface area (Å²) >= 11 is 0. The van der Waals surface area contributed by atoms with Crippen molar-refractivity contribution in [1.82, 2.24) is 10.2 Å². The largest absolute Gasteiger partial charge is 0.385 e. The second kappa shape index (κ2) is 5.82. The molecule has 1 amide bonds. The van der Waals surface area contributed by atoms with Crippen molar-refractivity contribution in [3.05, 3.63) is 11.8 Å². The molecule has 0 aromatic carbocycles. The summed E-state index contributed by atoms with van der Waals surface area (Å²) in [6, 6.07) is 1.87. The average Bonchev–Trinajstić information content (AvgIpc) is 2.66. The zero-order chi connectivity index (χ0) is 12.9. The molecule has 0 atom stereocenters. The van der Waals surface area contributed by atoms with Crippen LogP contribution < -0.4 is 5.32 Å². The van der Waals surface area contributed by atoms with E-state index in [1.807, 2.05) is 6.07 Å². The van der Waals surface area contributed by atoms with Gasteiger partial charge in [0, 0.05) is 37.3 Å². The van der Waals surface area contributed by atoms with Crippen molar-refractivity contribution >= 4 is 11.7 Å². The number of methoxy groups -OCH3 is 1. The van der Waals surface area contributed by atoms with Gasteiger partial charge in [-0.3, -0.25) is 9.89 Å². The van der Waals surface area contributed by atoms with Gasteiger partial charge in [0.25, 0.3) is 0 Å². The SMILES string of the molecule is COCCCC(=O)Nc1cc(C(C)(C)C)[nH]n1. The maximum Gasteiger partial charge on any atom is 0.225 e. The number of anilines is 1. The van der Waals surface area contributed by atoms with Crippen LogP contribution in [0.5, 0.6) is 0 Å². The van der Waals surface area contributed by atoms with E-state index in [0.29, 0.717) is 18.8 Å². The molecule has 0 aliphatic heterocycles. The number of H-pyrrole nitrogens is 1. The van der Waals surface area contributed by atoms with E-state index >= 15 is 0 Å². The van der Waals surface area contributed by atoms with Crippen LogP contribution in [0.15, 0.2) is 6.07 Å². The molecule has 17 heavy (non-hydrogen) atoms. The summed E-state index contributed by atoms with van der Waals surface area (Å²) in [5.41, 5.74) is 1.01. The number of carbonyl (C=O) groups is 1. The highest BCUT2D eigenvalue weighted by Crippen LogP contribution is 2.21. The van der Waals surface area contributed by atoms with E-state index in [-0.39, 0.29) is 11.3 Å². The van der Waals surface area contributed by atoms with Crippen LogP contribution in [-0.4, -0.2) is 29.8 Å². The Bertz CT molecular complexity index is 366. The Morgan fingerprint density at radius 1 is 1.53 bits per heavy atom. The number of aromatic amines is 1. The fraction of sp³-hybridized carbons (Fsp3) is 0.667. The molecule has 0 saturated heterocycles. The molecule has 0 spiro atoms. The van der Waals surface area contributed by atoms with E-state index in [2.05, 4.69) is 36.3 Å². The third-order valence-corrected chi connectivity index (χ3v) is 2.41. The van der Waals surface area contributed by atoms with Crippen LogP contribution in [0.2, 0.25) is 0 Å². The maximum atomic E-state index is 11.5. The minimum absolute atomic E-state index is 0.00598. The molecule has 1 rings (SSSR count). The highest BCUT2D eigenvalue weighted by Gasteiger charge is 2.17. The fourth-order valence-corrected chi connectivity index (χ4v) is 1.35. The Morgan fingerprint density at radius 3 is 2.76 bits per heavy atom. The Hall–Kier alpha value is -1.36. The van der Waals surface area contributed by atoms with Crippen molar-refractivity contribution < 1.29 is 9.53 Å². The number of amides is 1. The average molecular weight is 239 g/mol. The molecule has 1 aromatic rings. The van der Waals surface area contributed by atoms with E-state index in [9.17, 15) is 4.79 Å². The number of aromatic nitrogens is 2. The van der Waals surface area contributed by atoms with Crippen molar-refractivity contribution in [3.8, 4) is 0 Å². The minimum atomic E-state index is -0.0333. The smallest absolute Gasteiger partial charge is 0.225 e. The highest BCUT2D eigenvalue weighted by atomic mass is 16.5. The van der Waals surface area contributed by atoms with Gasteiger partial charge in [-0.2, -0.15) is 5.10 Å². The third-order valence-electron chi connectivity index (χ3n) is 2.41. The summed E-state index contributed by atoms with van der Waals surface area (Å²) in [6.07, 6.45) is 1.17. The first-order valence-electron chi connectivity index (χ1n) is 5.78. The summed E-state index contributed by atoms with van der Waals surface area (Å²) in [5.74, 6) is 0.548. The number of rotatable bonds is 5. The molecule has 0 bridgehead atoms. The standard InChI is InChI=1S/C12H21N3O2/c1-12(2,3)9-8-10(15-14-9)13-11(16)6-5-7-17-4/h8H,5-7H2,1-4H3,(H2,13,14,15,16). The second-order valence-electron chi connectivity index (χ2n) is 5.06. The first-order chi connectivity index (χ1) is 7.93. The summed E-state index contributed by atoms with van der Waals surface area (Å²) in [5, 5.41) is 9.75. The van der Waals surface area contributed by atoms with Gasteiger partial charge < -0.3 is 10.1 Å². The predicted molar refractivity (Wildman–Crippen MR) is 67.0 cm³/mol. The molecule has 0 aliphatic rings. The Labute approximate surface area is 102 Å². The molecular weight excluding hydrogens is 218 g/mol. The zero-order valence-electron chi connectivity index (χ0n) is 11.0. The molecule has 5 heteroatoms. The van der Waals surface area contributed by atoms with Gasteiger partial charge in [-0.1, -0.05) is 20.8 Å². The maximum absolute atomic E-state index is 11.5. The summed E-state index contributed by atoms with van der Waals surface area (Å²) in [4.78, 5) is 11.5. The van der Waals surface area contributed by atoms with E-state index in [4.69, 9.17) is 4.74 Å². The van der Waals surface area contributed by atoms with Gasteiger partial charge in [-0.25, -0.2) is 0 Å². The fourth-order valence-electron chi connectivity index (χ4n) is 1.35. The molecule has 96 valence electrons. The van der Waals surface area contributed by atoms with Crippen LogP contribution in [0, 0.1) is 0 Å². The van der Waals surface area contributed by atoms with Crippen LogP contribution in [-0.2, 0) is 14.9 Å². The van der Waals surface area contributed by atoms with Crippen molar-refractivity contribution in [3.63, 3.8) is 0 Å². The molecule has 0 fully saturated rings. The van der Waals surface area contributed by atoms with Gasteiger partial charge in [-0.05, 0) is 6.42 Å². The summed E-state index contributed by atoms with van der Waals surface area (Å²) in [7, 11) is 1.63. The topological polar surface area (TPSA) is 67.0 Å². The van der Waals surface area contributed by atoms with Crippen LogP contribution >= 0.6 is 0 Å². The van der Waals surface area contributed by atoms with E-state index in [1.54, 1.807) is 7.11 Å². The number of nitrogens with one attached hydrogen (secondary N) is 2. The molecular formula is C12H21N3O2. The Balaban J connectivity index is 2.46. The van der Waals surface area contributed by atoms with Gasteiger partial charge >= 0.3 is 0 Å². The normalized spacial score (nSPS) is 11.5. The number of hydrogen-bond donors (Lipinski definition) is 2. The van der Waals surface area contributed by atoms with Crippen molar-refractivity contribution in [2.75, 3.05) is 19.0 Å². The molecule has 1 aromatic heterocycles. The van der Waals surface area contributed by atoms with Crippen LogP contribution in [0.1, 0.15) is 39.3 Å². The van der Waals surface area contributed by atoms with Crippen molar-refractivity contribution in [2.45, 2.75) is 39.0 Å². The third kappa shape index (κ3) is 4.56. The van der Waals surface area contributed by atoms with Gasteiger partial charge in [0.05, 0.1) is 0 Å². The molecule has 0 radical (unpaired) electrons. The van der Waals surface area contributed by atoms with Gasteiger partial charge in [-0.15, -0.1) is 0 Å². The van der Waals surface area contributed by atoms with Crippen LogP contribution in [0.3, 0.4) is 0 Å². The lowest BCUT2D eigenvalue weighted by molar-refractivity contribution is -0.116.